The van der Waals surface area contributed by atoms with Crippen LogP contribution in [-0.4, -0.2) is 24.4 Å². The molecule has 0 unspecified atom stereocenters. The van der Waals surface area contributed by atoms with Crippen LogP contribution >= 0.6 is 23.2 Å². The van der Waals surface area contributed by atoms with Gasteiger partial charge in [0.2, 0.25) is 0 Å². The minimum Gasteiger partial charge on any atom is -0.492 e. The summed E-state index contributed by atoms with van der Waals surface area (Å²) in [5.74, 6) is 1.42. The first-order valence-corrected chi connectivity index (χ1v) is 10.8. The van der Waals surface area contributed by atoms with Crippen LogP contribution in [0, 0.1) is 0 Å². The molecule has 0 bridgehead atoms. The molecular weight excluding hydrogens is 407 g/mol. The molecule has 0 amide bonds. The lowest BCUT2D eigenvalue weighted by atomic mass is 9.93. The highest BCUT2D eigenvalue weighted by Crippen LogP contribution is 2.32. The predicted octanol–water partition coefficient (Wildman–Crippen LogP) is 7.15. The average Bonchev–Trinajstić information content (AvgIpc) is 2.58. The smallest absolute Gasteiger partial charge is 0.137 e. The number of hydrogen-bond donors (Lipinski definition) is 0. The average molecular weight is 439 g/mol. The maximum Gasteiger partial charge on any atom is 0.137 e. The highest BCUT2D eigenvalue weighted by Gasteiger charge is 2.30. The van der Waals surface area contributed by atoms with Crippen LogP contribution in [0.3, 0.4) is 0 Å². The maximum absolute atomic E-state index is 6.52. The molecule has 0 spiro atoms. The molecule has 0 aliphatic rings. The Hall–Kier alpha value is -1.42. The van der Waals surface area contributed by atoms with E-state index in [4.69, 9.17) is 37.4 Å². The van der Waals surface area contributed by atoms with E-state index >= 15 is 0 Å². The minimum absolute atomic E-state index is 0.366. The lowest BCUT2D eigenvalue weighted by Crippen LogP contribution is -2.40. The van der Waals surface area contributed by atoms with Gasteiger partial charge in [-0.1, -0.05) is 35.3 Å². The van der Waals surface area contributed by atoms with Gasteiger partial charge in [-0.05, 0) is 76.9 Å². The van der Waals surface area contributed by atoms with Crippen molar-refractivity contribution in [1.29, 1.82) is 0 Å². The number of benzene rings is 2. The Kier molecular flexibility index (Phi) is 8.28. The zero-order chi connectivity index (χ0) is 21.7. The van der Waals surface area contributed by atoms with Crippen LogP contribution < -0.4 is 9.47 Å². The fourth-order valence-corrected chi connectivity index (χ4v) is 4.17. The molecule has 0 saturated heterocycles. The van der Waals surface area contributed by atoms with Crippen LogP contribution in [-0.2, 0) is 17.6 Å². The molecule has 2 aromatic rings. The van der Waals surface area contributed by atoms with Crippen molar-refractivity contribution < 1.29 is 14.2 Å². The van der Waals surface area contributed by atoms with E-state index in [2.05, 4.69) is 27.7 Å². The Morgan fingerprint density at radius 1 is 0.690 bits per heavy atom. The third-order valence-corrected chi connectivity index (χ3v) is 5.00. The first kappa shape index (κ1) is 23.9. The third kappa shape index (κ3) is 7.40. The number of halogens is 2. The van der Waals surface area contributed by atoms with E-state index in [1.165, 1.54) is 0 Å². The highest BCUT2D eigenvalue weighted by atomic mass is 35.5. The zero-order valence-corrected chi connectivity index (χ0v) is 19.8. The molecule has 0 radical (unpaired) electrons. The molecule has 0 fully saturated rings. The molecule has 0 aliphatic carbocycles. The van der Waals surface area contributed by atoms with Crippen molar-refractivity contribution in [3.63, 3.8) is 0 Å². The molecule has 2 aromatic carbocycles. The van der Waals surface area contributed by atoms with Gasteiger partial charge in [-0.3, -0.25) is 0 Å². The Morgan fingerprint density at radius 2 is 1.07 bits per heavy atom. The van der Waals surface area contributed by atoms with Crippen molar-refractivity contribution in [2.75, 3.05) is 13.2 Å². The van der Waals surface area contributed by atoms with E-state index in [9.17, 15) is 0 Å². The largest absolute Gasteiger partial charge is 0.492 e. The second kappa shape index (κ2) is 10.1. The van der Waals surface area contributed by atoms with E-state index in [1.54, 1.807) is 0 Å². The fourth-order valence-electron chi connectivity index (χ4n) is 3.66. The van der Waals surface area contributed by atoms with Gasteiger partial charge in [0.05, 0.1) is 34.5 Å². The van der Waals surface area contributed by atoms with Gasteiger partial charge in [-0.15, -0.1) is 0 Å². The van der Waals surface area contributed by atoms with Gasteiger partial charge < -0.3 is 14.2 Å². The SMILES string of the molecule is CCOc1ccc(CC(C)(C)OC(C)(C)Cc2ccc(OCC)c(Cl)c2)cc1Cl. The Morgan fingerprint density at radius 3 is 1.38 bits per heavy atom. The van der Waals surface area contributed by atoms with Crippen molar-refractivity contribution >= 4 is 23.2 Å². The quantitative estimate of drug-likeness (QED) is 0.393. The van der Waals surface area contributed by atoms with E-state index in [1.807, 2.05) is 50.2 Å². The summed E-state index contributed by atoms with van der Waals surface area (Å²) in [6.07, 6.45) is 1.49. The Bertz CT molecular complexity index is 748. The van der Waals surface area contributed by atoms with Crippen molar-refractivity contribution in [2.24, 2.45) is 0 Å². The van der Waals surface area contributed by atoms with Crippen molar-refractivity contribution in [3.8, 4) is 11.5 Å². The molecule has 5 heteroatoms. The number of rotatable bonds is 10. The molecule has 2 rings (SSSR count). The summed E-state index contributed by atoms with van der Waals surface area (Å²) in [6.45, 7) is 13.5. The third-order valence-electron chi connectivity index (χ3n) is 4.40. The van der Waals surface area contributed by atoms with Crippen LogP contribution in [0.5, 0.6) is 11.5 Å². The summed E-state index contributed by atoms with van der Waals surface area (Å²) >= 11 is 12.7. The first-order chi connectivity index (χ1) is 13.5. The zero-order valence-electron chi connectivity index (χ0n) is 18.3. The summed E-state index contributed by atoms with van der Waals surface area (Å²) in [5, 5.41) is 1.26. The molecule has 29 heavy (non-hydrogen) atoms. The van der Waals surface area contributed by atoms with Gasteiger partial charge in [0, 0.05) is 12.8 Å². The molecule has 0 atom stereocenters. The van der Waals surface area contributed by atoms with Gasteiger partial charge >= 0.3 is 0 Å². The Labute approximate surface area is 185 Å². The summed E-state index contributed by atoms with van der Waals surface area (Å²) in [6, 6.07) is 11.8. The topological polar surface area (TPSA) is 27.7 Å². The van der Waals surface area contributed by atoms with E-state index in [0.717, 1.165) is 24.0 Å². The predicted molar refractivity (Wildman–Crippen MR) is 122 cm³/mol. The summed E-state index contributed by atoms with van der Waals surface area (Å²) in [7, 11) is 0. The highest BCUT2D eigenvalue weighted by molar-refractivity contribution is 6.32. The van der Waals surface area contributed by atoms with Gasteiger partial charge in [0.1, 0.15) is 11.5 Å². The number of ether oxygens (including phenoxy) is 3. The van der Waals surface area contributed by atoms with Crippen molar-refractivity contribution in [3.05, 3.63) is 57.6 Å². The lowest BCUT2D eigenvalue weighted by Gasteiger charge is -2.36. The van der Waals surface area contributed by atoms with Crippen LogP contribution in [0.1, 0.15) is 52.7 Å². The monoisotopic (exact) mass is 438 g/mol. The minimum atomic E-state index is -0.366. The van der Waals surface area contributed by atoms with Gasteiger partial charge in [-0.25, -0.2) is 0 Å². The van der Waals surface area contributed by atoms with E-state index < -0.39 is 0 Å². The molecule has 0 aliphatic heterocycles. The van der Waals surface area contributed by atoms with Crippen LogP contribution in [0.15, 0.2) is 36.4 Å². The standard InChI is InChI=1S/C24H32Cl2O3/c1-7-27-21-11-9-17(13-19(21)25)15-23(3,4)29-24(5,6)16-18-10-12-22(28-8-2)20(26)14-18/h9-14H,7-8,15-16H2,1-6H3. The molecule has 160 valence electrons. The summed E-state index contributed by atoms with van der Waals surface area (Å²) in [5.41, 5.74) is 1.50. The first-order valence-electron chi connectivity index (χ1n) is 10.1. The fraction of sp³-hybridized carbons (Fsp3) is 0.500. The maximum atomic E-state index is 6.52. The van der Waals surface area contributed by atoms with Crippen LogP contribution in [0.4, 0.5) is 0 Å². The molecule has 0 heterocycles. The molecule has 3 nitrogen and oxygen atoms in total. The second-order valence-electron chi connectivity index (χ2n) is 8.37. The molecule has 0 N–H and O–H groups in total. The molecule has 0 saturated carbocycles. The normalized spacial score (nSPS) is 12.1. The summed E-state index contributed by atoms with van der Waals surface area (Å²) in [4.78, 5) is 0. The van der Waals surface area contributed by atoms with Gasteiger partial charge in [0.15, 0.2) is 0 Å². The summed E-state index contributed by atoms with van der Waals surface area (Å²) < 4.78 is 17.6. The second-order valence-corrected chi connectivity index (χ2v) is 9.18. The van der Waals surface area contributed by atoms with Crippen molar-refractivity contribution in [1.82, 2.24) is 0 Å². The van der Waals surface area contributed by atoms with E-state index in [-0.39, 0.29) is 11.2 Å². The lowest BCUT2D eigenvalue weighted by molar-refractivity contribution is -0.121. The Balaban J connectivity index is 2.05. The van der Waals surface area contributed by atoms with Gasteiger partial charge in [-0.2, -0.15) is 0 Å². The molecule has 0 aromatic heterocycles. The molecular formula is C24H32Cl2O3. The van der Waals surface area contributed by atoms with Crippen LogP contribution in [0.2, 0.25) is 10.0 Å². The van der Waals surface area contributed by atoms with E-state index in [0.29, 0.717) is 34.8 Å². The van der Waals surface area contributed by atoms with Crippen molar-refractivity contribution in [2.45, 2.75) is 65.6 Å². The van der Waals surface area contributed by atoms with Crippen LogP contribution in [0.25, 0.3) is 0 Å². The van der Waals surface area contributed by atoms with Gasteiger partial charge in [0.25, 0.3) is 0 Å². The number of hydrogen-bond acceptors (Lipinski definition) is 3.